The van der Waals surface area contributed by atoms with Crippen molar-refractivity contribution in [1.29, 1.82) is 0 Å². The van der Waals surface area contributed by atoms with Gasteiger partial charge in [-0.05, 0) is 59.2 Å². The summed E-state index contributed by atoms with van der Waals surface area (Å²) in [5, 5.41) is 52.3. The fourth-order valence-electron chi connectivity index (χ4n) is 4.53. The number of aliphatic hydroxyl groups is 5. The van der Waals surface area contributed by atoms with Gasteiger partial charge in [0.2, 0.25) is 0 Å². The lowest BCUT2D eigenvalue weighted by atomic mass is 9.85. The van der Waals surface area contributed by atoms with Gasteiger partial charge in [0, 0.05) is 11.6 Å². The third-order valence-corrected chi connectivity index (χ3v) is 6.24. The van der Waals surface area contributed by atoms with Gasteiger partial charge < -0.3 is 35.3 Å². The summed E-state index contributed by atoms with van der Waals surface area (Å²) in [6, 6.07) is 11.2. The Morgan fingerprint density at radius 1 is 0.969 bits per heavy atom. The number of rotatable bonds is 4. The predicted octanol–water partition coefficient (Wildman–Crippen LogP) is 0.688. The van der Waals surface area contributed by atoms with Gasteiger partial charge in [-0.25, -0.2) is 0 Å². The first-order valence-electron chi connectivity index (χ1n) is 10.4. The number of aromatic nitrogens is 1. The van der Waals surface area contributed by atoms with Gasteiger partial charge in [-0.2, -0.15) is 0 Å². The Labute approximate surface area is 184 Å². The topological polar surface area (TPSA) is 143 Å². The van der Waals surface area contributed by atoms with E-state index in [4.69, 9.17) is 4.74 Å². The number of pyridine rings is 1. The first-order chi connectivity index (χ1) is 15.2. The Kier molecular flexibility index (Phi) is 6.17. The van der Waals surface area contributed by atoms with Crippen LogP contribution in [0.2, 0.25) is 0 Å². The van der Waals surface area contributed by atoms with Crippen LogP contribution >= 0.6 is 0 Å². The third-order valence-electron chi connectivity index (χ3n) is 6.24. The number of aromatic amines is 1. The van der Waals surface area contributed by atoms with Crippen LogP contribution in [-0.2, 0) is 4.74 Å². The molecule has 0 radical (unpaired) electrons. The van der Waals surface area contributed by atoms with Crippen molar-refractivity contribution in [3.8, 4) is 11.1 Å². The molecule has 2 aromatic carbocycles. The van der Waals surface area contributed by atoms with Crippen LogP contribution in [0.3, 0.4) is 0 Å². The fourth-order valence-corrected chi connectivity index (χ4v) is 4.53. The van der Waals surface area contributed by atoms with E-state index < -0.39 is 43.2 Å². The van der Waals surface area contributed by atoms with Crippen molar-refractivity contribution in [1.82, 2.24) is 4.98 Å². The van der Waals surface area contributed by atoms with Gasteiger partial charge in [0.25, 0.3) is 5.56 Å². The number of H-pyrrole nitrogens is 1. The van der Waals surface area contributed by atoms with E-state index in [1.165, 1.54) is 0 Å². The van der Waals surface area contributed by atoms with Crippen LogP contribution in [0.4, 0.5) is 0 Å². The van der Waals surface area contributed by atoms with E-state index in [0.717, 1.165) is 27.6 Å². The molecule has 0 amide bonds. The molecule has 0 aliphatic carbocycles. The summed E-state index contributed by atoms with van der Waals surface area (Å²) in [4.78, 5) is 14.8. The summed E-state index contributed by atoms with van der Waals surface area (Å²) in [6.45, 7) is 3.06. The van der Waals surface area contributed by atoms with Gasteiger partial charge in [-0.15, -0.1) is 0 Å². The average Bonchev–Trinajstić information content (AvgIpc) is 2.77. The summed E-state index contributed by atoms with van der Waals surface area (Å²) in [5.74, 6) is 0. The minimum absolute atomic E-state index is 0.174. The maximum Gasteiger partial charge on any atom is 0.255 e. The monoisotopic (exact) mass is 441 g/mol. The largest absolute Gasteiger partial charge is 0.394 e. The molecule has 3 aromatic rings. The highest BCUT2D eigenvalue weighted by Crippen LogP contribution is 2.35. The van der Waals surface area contributed by atoms with Crippen LogP contribution in [0.5, 0.6) is 0 Å². The van der Waals surface area contributed by atoms with Crippen LogP contribution in [0.25, 0.3) is 21.9 Å². The number of hydrogen-bond acceptors (Lipinski definition) is 7. The summed E-state index contributed by atoms with van der Waals surface area (Å²) >= 11 is 0. The van der Waals surface area contributed by atoms with Crippen molar-refractivity contribution in [2.45, 2.75) is 50.5 Å². The Bertz CT molecular complexity index is 1170. The second kappa shape index (κ2) is 8.74. The van der Waals surface area contributed by atoms with Crippen molar-refractivity contribution in [2.75, 3.05) is 6.61 Å². The molecule has 0 spiro atoms. The molecule has 1 aromatic heterocycles. The van der Waals surface area contributed by atoms with E-state index >= 15 is 0 Å². The van der Waals surface area contributed by atoms with Gasteiger partial charge in [-0.1, -0.05) is 24.3 Å². The highest BCUT2D eigenvalue weighted by atomic mass is 16.6. The number of fused-ring (bicyclic) bond motifs is 1. The molecule has 0 bridgehead atoms. The fraction of sp³-hybridized carbons (Fsp3) is 0.375. The number of aryl methyl sites for hydroxylation is 2. The molecule has 1 fully saturated rings. The molecule has 2 unspecified atom stereocenters. The smallest absolute Gasteiger partial charge is 0.255 e. The van der Waals surface area contributed by atoms with E-state index in [1.807, 2.05) is 50.2 Å². The lowest BCUT2D eigenvalue weighted by Gasteiger charge is -2.42. The molecular formula is C24H27NO7. The van der Waals surface area contributed by atoms with Gasteiger partial charge in [-0.3, -0.25) is 4.79 Å². The zero-order chi connectivity index (χ0) is 23.2. The van der Waals surface area contributed by atoms with Gasteiger partial charge in [0.1, 0.15) is 36.6 Å². The molecule has 8 nitrogen and oxygen atoms in total. The van der Waals surface area contributed by atoms with Crippen LogP contribution < -0.4 is 5.56 Å². The molecule has 1 aliphatic heterocycles. The number of nitrogens with one attached hydrogen (secondary N) is 1. The lowest BCUT2D eigenvalue weighted by molar-refractivity contribution is -0.250. The summed E-state index contributed by atoms with van der Waals surface area (Å²) in [6.07, 6.45) is -6.59. The van der Waals surface area contributed by atoms with E-state index in [0.29, 0.717) is 10.9 Å². The first-order valence-corrected chi connectivity index (χ1v) is 10.4. The molecule has 8 heteroatoms. The standard InChI is InChI=1S/C24H27NO7/c1-11-7-15(14-4-3-13-5-6-25-24(31)16(13)9-14)8-12(2)18(11)20(28)23-22(30)21(29)19(27)17(10-26)32-23/h3-9,17,19-23,26-30H,10H2,1-2H3,(H,25,31)/t17?,19-,20+,21+,22?,23-/m1/s1. The SMILES string of the molecule is Cc1cc(-c2ccc3cc[nH]c(=O)c3c2)cc(C)c1[C@H](O)[C@H]1OC(CO)[C@@H](O)[C@H](O)C1O. The van der Waals surface area contributed by atoms with Gasteiger partial charge in [0.05, 0.1) is 6.61 Å². The first kappa shape index (κ1) is 22.6. The molecule has 2 heterocycles. The minimum atomic E-state index is -1.56. The van der Waals surface area contributed by atoms with E-state index in [2.05, 4.69) is 4.98 Å². The van der Waals surface area contributed by atoms with Crippen molar-refractivity contribution in [3.63, 3.8) is 0 Å². The van der Waals surface area contributed by atoms with Crippen LogP contribution in [0, 0.1) is 13.8 Å². The van der Waals surface area contributed by atoms with Crippen molar-refractivity contribution in [2.24, 2.45) is 0 Å². The minimum Gasteiger partial charge on any atom is -0.394 e. The van der Waals surface area contributed by atoms with E-state index in [9.17, 15) is 30.3 Å². The molecule has 32 heavy (non-hydrogen) atoms. The molecule has 4 rings (SSSR count). The highest BCUT2D eigenvalue weighted by Gasteiger charge is 2.46. The molecule has 6 N–H and O–H groups in total. The Morgan fingerprint density at radius 2 is 1.66 bits per heavy atom. The summed E-state index contributed by atoms with van der Waals surface area (Å²) in [7, 11) is 0. The highest BCUT2D eigenvalue weighted by molar-refractivity contribution is 5.86. The van der Waals surface area contributed by atoms with Crippen molar-refractivity contribution in [3.05, 3.63) is 69.6 Å². The van der Waals surface area contributed by atoms with Crippen molar-refractivity contribution >= 4 is 10.8 Å². The van der Waals surface area contributed by atoms with Crippen LogP contribution in [-0.4, -0.2) is 67.6 Å². The number of benzene rings is 2. The quantitative estimate of drug-likeness (QED) is 0.350. The Hall–Kier alpha value is -2.59. The van der Waals surface area contributed by atoms with Crippen LogP contribution in [0.1, 0.15) is 22.8 Å². The average molecular weight is 441 g/mol. The second-order valence-corrected chi connectivity index (χ2v) is 8.37. The zero-order valence-corrected chi connectivity index (χ0v) is 17.8. The lowest BCUT2D eigenvalue weighted by Crippen LogP contribution is -2.60. The number of hydrogen-bond donors (Lipinski definition) is 6. The number of aliphatic hydroxyl groups excluding tert-OH is 5. The molecule has 1 aliphatic rings. The molecule has 6 atom stereocenters. The molecule has 170 valence electrons. The Balaban J connectivity index is 1.70. The third kappa shape index (κ3) is 3.86. The number of ether oxygens (including phenoxy) is 1. The summed E-state index contributed by atoms with van der Waals surface area (Å²) in [5.41, 5.74) is 3.51. The normalized spacial score (nSPS) is 26.9. The molecule has 0 saturated carbocycles. The maximum absolute atomic E-state index is 12.2. The predicted molar refractivity (Wildman–Crippen MR) is 118 cm³/mol. The van der Waals surface area contributed by atoms with E-state index in [-0.39, 0.29) is 5.56 Å². The van der Waals surface area contributed by atoms with Crippen molar-refractivity contribution < 1.29 is 30.3 Å². The maximum atomic E-state index is 12.2. The second-order valence-electron chi connectivity index (χ2n) is 8.37. The molecular weight excluding hydrogens is 414 g/mol. The summed E-state index contributed by atoms with van der Waals surface area (Å²) < 4.78 is 5.53. The zero-order valence-electron chi connectivity index (χ0n) is 17.8. The molecule has 1 saturated heterocycles. The Morgan fingerprint density at radius 3 is 2.31 bits per heavy atom. The van der Waals surface area contributed by atoms with Gasteiger partial charge >= 0.3 is 0 Å². The van der Waals surface area contributed by atoms with Crippen LogP contribution in [0.15, 0.2) is 47.4 Å². The van der Waals surface area contributed by atoms with E-state index in [1.54, 1.807) is 6.20 Å². The van der Waals surface area contributed by atoms with Gasteiger partial charge in [0.15, 0.2) is 0 Å².